The van der Waals surface area contributed by atoms with E-state index in [4.69, 9.17) is 4.74 Å². The van der Waals surface area contributed by atoms with Crippen LogP contribution in [0.5, 0.6) is 0 Å². The topological polar surface area (TPSA) is 68.1 Å². The zero-order valence-corrected chi connectivity index (χ0v) is 13.6. The van der Waals surface area contributed by atoms with Crippen molar-refractivity contribution >= 4 is 11.6 Å². The number of nitrogens with zero attached hydrogens (tertiary/aromatic N) is 2. The normalized spacial score (nSPS) is 20.3. The summed E-state index contributed by atoms with van der Waals surface area (Å²) in [6, 6.07) is 0. The molecule has 0 N–H and O–H groups in total. The number of ether oxygens (including phenoxy) is 1. The first kappa shape index (κ1) is 16.5. The number of carbonyl (C=O) groups excluding carboxylic acids is 2. The fraction of sp³-hybridized carbons (Fsp3) is 0.222. The second-order valence-corrected chi connectivity index (χ2v) is 5.34. The molecular weight excluding hydrogens is 292 g/mol. The molecule has 2 aliphatic carbocycles. The average Bonchev–Trinajstić information content (AvgIpc) is 2.52. The molecule has 0 bridgehead atoms. The van der Waals surface area contributed by atoms with Crippen LogP contribution < -0.4 is 0 Å². The third-order valence-corrected chi connectivity index (χ3v) is 3.45. The largest absolute Gasteiger partial charge is 0.493 e. The second kappa shape index (κ2) is 6.96. The van der Waals surface area contributed by atoms with Gasteiger partial charge in [-0.2, -0.15) is 10.2 Å². The van der Waals surface area contributed by atoms with Gasteiger partial charge in [-0.15, -0.1) is 0 Å². The molecule has 118 valence electrons. The molecule has 0 unspecified atom stereocenters. The van der Waals surface area contributed by atoms with Gasteiger partial charge in [0.15, 0.2) is 11.5 Å². The Hall–Kier alpha value is -2.82. The van der Waals surface area contributed by atoms with Gasteiger partial charge in [0.25, 0.3) is 0 Å². The van der Waals surface area contributed by atoms with Gasteiger partial charge in [0.05, 0.1) is 19.5 Å². The highest BCUT2D eigenvalue weighted by Gasteiger charge is 2.17. The van der Waals surface area contributed by atoms with E-state index < -0.39 is 0 Å². The van der Waals surface area contributed by atoms with Crippen molar-refractivity contribution < 1.29 is 14.3 Å². The summed E-state index contributed by atoms with van der Waals surface area (Å²) < 4.78 is 5.04. The van der Waals surface area contributed by atoms with Gasteiger partial charge < -0.3 is 4.74 Å². The number of carbonyl (C=O) groups is 2. The first-order valence-electron chi connectivity index (χ1n) is 7.12. The molecule has 0 aliphatic heterocycles. The van der Waals surface area contributed by atoms with E-state index in [0.29, 0.717) is 16.7 Å². The summed E-state index contributed by atoms with van der Waals surface area (Å²) in [4.78, 5) is 23.4. The molecule has 0 spiro atoms. The van der Waals surface area contributed by atoms with Gasteiger partial charge in [-0.1, -0.05) is 0 Å². The molecule has 0 aromatic rings. The molecule has 0 fully saturated rings. The zero-order chi connectivity index (χ0) is 17.0. The lowest BCUT2D eigenvalue weighted by atomic mass is 9.96. The molecular formula is C18H18N2O3. The van der Waals surface area contributed by atoms with Crippen LogP contribution in [0.4, 0.5) is 0 Å². The monoisotopic (exact) mass is 310 g/mol. The van der Waals surface area contributed by atoms with E-state index in [1.54, 1.807) is 57.5 Å². The molecule has 0 heterocycles. The number of rotatable bonds is 3. The second-order valence-electron chi connectivity index (χ2n) is 5.34. The Bertz CT molecular complexity index is 748. The summed E-state index contributed by atoms with van der Waals surface area (Å²) in [5, 5.41) is 7.95. The maximum Gasteiger partial charge on any atom is 0.223 e. The lowest BCUT2D eigenvalue weighted by Gasteiger charge is -2.10. The summed E-state index contributed by atoms with van der Waals surface area (Å²) >= 11 is 0. The summed E-state index contributed by atoms with van der Waals surface area (Å²) in [5.41, 5.74) is 3.51. The van der Waals surface area contributed by atoms with Crippen molar-refractivity contribution in [3.63, 3.8) is 0 Å². The minimum atomic E-state index is -0.128. The fourth-order valence-electron chi connectivity index (χ4n) is 2.25. The Kier molecular flexibility index (Phi) is 5.01. The Morgan fingerprint density at radius 2 is 1.22 bits per heavy atom. The van der Waals surface area contributed by atoms with Crippen LogP contribution in [0.2, 0.25) is 0 Å². The Morgan fingerprint density at radius 3 is 1.70 bits per heavy atom. The number of hydrogen-bond acceptors (Lipinski definition) is 5. The predicted octanol–water partition coefficient (Wildman–Crippen LogP) is 3.74. The summed E-state index contributed by atoms with van der Waals surface area (Å²) in [6.45, 7) is 5.27. The molecule has 0 atom stereocenters. The highest BCUT2D eigenvalue weighted by atomic mass is 16.5. The smallest absolute Gasteiger partial charge is 0.223 e. The Balaban J connectivity index is 2.16. The van der Waals surface area contributed by atoms with Crippen molar-refractivity contribution in [3.05, 3.63) is 70.3 Å². The highest BCUT2D eigenvalue weighted by Crippen LogP contribution is 2.20. The van der Waals surface area contributed by atoms with Crippen LogP contribution in [0.15, 0.2) is 80.6 Å². The SMILES string of the molecule is COC1=CC(=CN=NC=C2C=C(C)C(=O)C(C)=C2)C=C(C)C1=O. The minimum Gasteiger partial charge on any atom is -0.493 e. The van der Waals surface area contributed by atoms with Gasteiger partial charge in [-0.05, 0) is 67.4 Å². The summed E-state index contributed by atoms with van der Waals surface area (Å²) in [5.74, 6) is 0.204. The standard InChI is InChI=1S/C18H18N2O3/c1-11-5-14(6-12(2)17(11)21)9-19-20-10-15-7-13(3)18(22)16(8-15)23-4/h5-10H,1-4H3. The highest BCUT2D eigenvalue weighted by molar-refractivity contribution is 6.09. The van der Waals surface area contributed by atoms with E-state index in [-0.39, 0.29) is 17.3 Å². The fourth-order valence-corrected chi connectivity index (χ4v) is 2.25. The van der Waals surface area contributed by atoms with Gasteiger partial charge >= 0.3 is 0 Å². The molecule has 5 nitrogen and oxygen atoms in total. The number of allylic oxidation sites excluding steroid dienone is 9. The van der Waals surface area contributed by atoms with Crippen molar-refractivity contribution in [1.29, 1.82) is 0 Å². The van der Waals surface area contributed by atoms with E-state index in [9.17, 15) is 9.59 Å². The molecule has 0 saturated carbocycles. The van der Waals surface area contributed by atoms with Crippen molar-refractivity contribution in [2.75, 3.05) is 7.11 Å². The van der Waals surface area contributed by atoms with E-state index in [1.807, 2.05) is 0 Å². The number of Topliss-reactive ketones (excluding diaryl/α,β-unsaturated/α-hetero) is 2. The average molecular weight is 310 g/mol. The summed E-state index contributed by atoms with van der Waals surface area (Å²) in [7, 11) is 1.46. The molecule has 0 saturated heterocycles. The van der Waals surface area contributed by atoms with Gasteiger partial charge in [-0.25, -0.2) is 0 Å². The molecule has 2 aliphatic rings. The Labute approximate surface area is 135 Å². The van der Waals surface area contributed by atoms with Crippen LogP contribution in [-0.2, 0) is 14.3 Å². The Morgan fingerprint density at radius 1 is 0.783 bits per heavy atom. The number of ketones is 2. The lowest BCUT2D eigenvalue weighted by molar-refractivity contribution is -0.115. The molecule has 5 heteroatoms. The third-order valence-electron chi connectivity index (χ3n) is 3.45. The first-order valence-corrected chi connectivity index (χ1v) is 7.12. The van der Waals surface area contributed by atoms with Gasteiger partial charge in [0.2, 0.25) is 5.78 Å². The molecule has 0 amide bonds. The van der Waals surface area contributed by atoms with Gasteiger partial charge in [0.1, 0.15) is 0 Å². The van der Waals surface area contributed by atoms with E-state index in [1.165, 1.54) is 7.11 Å². The van der Waals surface area contributed by atoms with Gasteiger partial charge in [-0.3, -0.25) is 9.59 Å². The molecule has 23 heavy (non-hydrogen) atoms. The number of methoxy groups -OCH3 is 1. The van der Waals surface area contributed by atoms with E-state index >= 15 is 0 Å². The zero-order valence-electron chi connectivity index (χ0n) is 13.6. The van der Waals surface area contributed by atoms with Crippen LogP contribution in [0, 0.1) is 0 Å². The predicted molar refractivity (Wildman–Crippen MR) is 87.4 cm³/mol. The van der Waals surface area contributed by atoms with E-state index in [2.05, 4.69) is 10.2 Å². The summed E-state index contributed by atoms with van der Waals surface area (Å²) in [6.07, 6.45) is 10.0. The minimum absolute atomic E-state index is 0.0472. The first-order chi connectivity index (χ1) is 10.9. The van der Waals surface area contributed by atoms with Crippen molar-refractivity contribution in [2.24, 2.45) is 10.2 Å². The lowest BCUT2D eigenvalue weighted by Crippen LogP contribution is -2.10. The third kappa shape index (κ3) is 3.88. The van der Waals surface area contributed by atoms with Crippen molar-refractivity contribution in [1.82, 2.24) is 0 Å². The maximum atomic E-state index is 11.7. The molecule has 2 rings (SSSR count). The van der Waals surface area contributed by atoms with E-state index in [0.717, 1.165) is 11.1 Å². The maximum absolute atomic E-state index is 11.7. The molecule has 0 aromatic heterocycles. The quantitative estimate of drug-likeness (QED) is 0.746. The van der Waals surface area contributed by atoms with Gasteiger partial charge in [0, 0.05) is 5.57 Å². The van der Waals surface area contributed by atoms with Crippen molar-refractivity contribution in [3.8, 4) is 0 Å². The number of azo groups is 1. The van der Waals surface area contributed by atoms with Crippen LogP contribution in [0.25, 0.3) is 0 Å². The van der Waals surface area contributed by atoms with Crippen LogP contribution in [0.1, 0.15) is 20.8 Å². The molecule has 0 radical (unpaired) electrons. The number of hydrogen-bond donors (Lipinski definition) is 0. The van der Waals surface area contributed by atoms with Crippen LogP contribution in [-0.4, -0.2) is 18.7 Å². The van der Waals surface area contributed by atoms with Crippen molar-refractivity contribution in [2.45, 2.75) is 20.8 Å². The van der Waals surface area contributed by atoms with Crippen LogP contribution in [0.3, 0.4) is 0 Å². The van der Waals surface area contributed by atoms with Crippen LogP contribution >= 0.6 is 0 Å². The molecule has 0 aromatic carbocycles.